The van der Waals surface area contributed by atoms with Crippen LogP contribution in [0.4, 0.5) is 17.2 Å². The van der Waals surface area contributed by atoms with Gasteiger partial charge in [-0.1, -0.05) is 27.5 Å². The fraction of sp³-hybridized carbons (Fsp3) is 0.167. The van der Waals surface area contributed by atoms with Crippen molar-refractivity contribution in [1.82, 2.24) is 9.97 Å². The topological polar surface area (TPSA) is 63.8 Å². The summed E-state index contributed by atoms with van der Waals surface area (Å²) in [7, 11) is 0. The maximum Gasteiger partial charge on any atom is 0.158 e. The van der Waals surface area contributed by atoms with Crippen LogP contribution in [-0.2, 0) is 0 Å². The summed E-state index contributed by atoms with van der Waals surface area (Å²) in [5.74, 6) is 0.510. The Morgan fingerprint density at radius 3 is 2.44 bits per heavy atom. The molecule has 0 aliphatic carbocycles. The zero-order valence-electron chi connectivity index (χ0n) is 9.96. The first-order chi connectivity index (χ1) is 8.49. The summed E-state index contributed by atoms with van der Waals surface area (Å²) in [5, 5.41) is 3.39. The first kappa shape index (κ1) is 13.1. The summed E-state index contributed by atoms with van der Waals surface area (Å²) in [6.45, 7) is 4.05. The van der Waals surface area contributed by atoms with Crippen LogP contribution in [-0.4, -0.2) is 9.97 Å². The zero-order chi connectivity index (χ0) is 13.3. The van der Waals surface area contributed by atoms with Crippen LogP contribution in [0.5, 0.6) is 0 Å². The highest BCUT2D eigenvalue weighted by Gasteiger charge is 2.08. The predicted octanol–water partition coefficient (Wildman–Crippen LogP) is 3.84. The number of rotatable bonds is 2. The van der Waals surface area contributed by atoms with Gasteiger partial charge in [0, 0.05) is 10.2 Å². The van der Waals surface area contributed by atoms with Gasteiger partial charge in [0.2, 0.25) is 0 Å². The second-order valence-corrected chi connectivity index (χ2v) is 5.13. The number of benzene rings is 1. The maximum absolute atomic E-state index is 5.84. The maximum atomic E-state index is 5.84. The van der Waals surface area contributed by atoms with Gasteiger partial charge in [-0.3, -0.25) is 0 Å². The molecule has 4 nitrogen and oxygen atoms in total. The molecule has 0 saturated carbocycles. The van der Waals surface area contributed by atoms with E-state index >= 15 is 0 Å². The molecule has 1 heterocycles. The third-order valence-electron chi connectivity index (χ3n) is 2.53. The number of nitrogens with one attached hydrogen (secondary N) is 1. The lowest BCUT2D eigenvalue weighted by atomic mass is 10.1. The third kappa shape index (κ3) is 2.57. The first-order valence-corrected chi connectivity index (χ1v) is 6.46. The van der Waals surface area contributed by atoms with E-state index in [0.717, 1.165) is 21.3 Å². The Morgan fingerprint density at radius 2 is 1.83 bits per heavy atom. The van der Waals surface area contributed by atoms with Crippen LogP contribution in [0.2, 0.25) is 5.15 Å². The zero-order valence-corrected chi connectivity index (χ0v) is 12.3. The van der Waals surface area contributed by atoms with Crippen molar-refractivity contribution in [3.8, 4) is 0 Å². The highest BCUT2D eigenvalue weighted by molar-refractivity contribution is 9.10. The van der Waals surface area contributed by atoms with E-state index in [0.29, 0.717) is 11.5 Å². The van der Waals surface area contributed by atoms with Crippen molar-refractivity contribution in [2.45, 2.75) is 13.8 Å². The Morgan fingerprint density at radius 1 is 1.22 bits per heavy atom. The van der Waals surface area contributed by atoms with Crippen molar-refractivity contribution in [2.75, 3.05) is 11.1 Å². The van der Waals surface area contributed by atoms with E-state index in [2.05, 4.69) is 31.2 Å². The molecule has 0 fully saturated rings. The van der Waals surface area contributed by atoms with E-state index in [1.807, 2.05) is 26.0 Å². The van der Waals surface area contributed by atoms with Crippen molar-refractivity contribution >= 4 is 44.7 Å². The molecule has 0 saturated heterocycles. The second-order valence-electron chi connectivity index (χ2n) is 3.98. The number of nitrogens with two attached hydrogens (primary N) is 1. The van der Waals surface area contributed by atoms with Gasteiger partial charge < -0.3 is 11.1 Å². The Kier molecular flexibility index (Phi) is 3.73. The summed E-state index contributed by atoms with van der Waals surface area (Å²) in [5.41, 5.74) is 9.34. The van der Waals surface area contributed by atoms with E-state index in [1.54, 1.807) is 0 Å². The lowest BCUT2D eigenvalue weighted by Crippen LogP contribution is -2.01. The summed E-state index contributed by atoms with van der Waals surface area (Å²) in [6, 6.07) is 4.01. The number of hydrogen-bond donors (Lipinski definition) is 2. The minimum atomic E-state index is 0.248. The van der Waals surface area contributed by atoms with Crippen LogP contribution in [0.3, 0.4) is 0 Å². The smallest absolute Gasteiger partial charge is 0.158 e. The van der Waals surface area contributed by atoms with Gasteiger partial charge in [-0.05, 0) is 37.1 Å². The van der Waals surface area contributed by atoms with Crippen molar-refractivity contribution in [1.29, 1.82) is 0 Å². The number of nitrogens with zero attached hydrogens (tertiary/aromatic N) is 2. The van der Waals surface area contributed by atoms with Crippen molar-refractivity contribution in [2.24, 2.45) is 0 Å². The summed E-state index contributed by atoms with van der Waals surface area (Å²) >= 11 is 9.37. The number of nitrogen functional groups attached to an aromatic ring is 1. The standard InChI is InChI=1S/C12H12BrClN4/c1-6-3-8(4-7(2)9(6)13)18-12-10(15)11(14)16-5-17-12/h3-5H,15H2,1-2H3,(H,16,17,18). The largest absolute Gasteiger partial charge is 0.393 e. The predicted molar refractivity (Wildman–Crippen MR) is 78.4 cm³/mol. The van der Waals surface area contributed by atoms with E-state index in [4.69, 9.17) is 17.3 Å². The molecule has 0 atom stereocenters. The Bertz CT molecular complexity index is 578. The van der Waals surface area contributed by atoms with Crippen molar-refractivity contribution < 1.29 is 0 Å². The molecular formula is C12H12BrClN4. The normalized spacial score (nSPS) is 10.4. The van der Waals surface area contributed by atoms with Crippen LogP contribution in [0.25, 0.3) is 0 Å². The van der Waals surface area contributed by atoms with Gasteiger partial charge in [0.25, 0.3) is 0 Å². The first-order valence-electron chi connectivity index (χ1n) is 5.28. The Hall–Kier alpha value is -1.33. The minimum absolute atomic E-state index is 0.248. The van der Waals surface area contributed by atoms with Crippen LogP contribution in [0.15, 0.2) is 22.9 Å². The highest BCUT2D eigenvalue weighted by atomic mass is 79.9. The van der Waals surface area contributed by atoms with Gasteiger partial charge in [-0.2, -0.15) is 0 Å². The molecule has 94 valence electrons. The van der Waals surface area contributed by atoms with Gasteiger partial charge in [0.05, 0.1) is 0 Å². The molecule has 1 aromatic heterocycles. The minimum Gasteiger partial charge on any atom is -0.393 e. The molecule has 0 bridgehead atoms. The number of halogens is 2. The summed E-state index contributed by atoms with van der Waals surface area (Å²) < 4.78 is 1.10. The molecule has 0 aliphatic rings. The molecule has 18 heavy (non-hydrogen) atoms. The molecule has 1 aromatic carbocycles. The lowest BCUT2D eigenvalue weighted by Gasteiger charge is -2.11. The number of hydrogen-bond acceptors (Lipinski definition) is 4. The molecule has 0 amide bonds. The average Bonchev–Trinajstić information content (AvgIpc) is 2.32. The molecule has 0 aliphatic heterocycles. The molecule has 0 unspecified atom stereocenters. The number of aromatic nitrogens is 2. The van der Waals surface area contributed by atoms with Crippen molar-refractivity contribution in [3.05, 3.63) is 39.2 Å². The average molecular weight is 328 g/mol. The SMILES string of the molecule is Cc1cc(Nc2ncnc(Cl)c2N)cc(C)c1Br. The summed E-state index contributed by atoms with van der Waals surface area (Å²) in [6.07, 6.45) is 1.37. The van der Waals surface area contributed by atoms with Gasteiger partial charge in [0.1, 0.15) is 12.0 Å². The second kappa shape index (κ2) is 5.12. The van der Waals surface area contributed by atoms with Crippen molar-refractivity contribution in [3.63, 3.8) is 0 Å². The quantitative estimate of drug-likeness (QED) is 0.823. The van der Waals surface area contributed by atoms with Crippen LogP contribution >= 0.6 is 27.5 Å². The highest BCUT2D eigenvalue weighted by Crippen LogP contribution is 2.29. The van der Waals surface area contributed by atoms with E-state index in [9.17, 15) is 0 Å². The summed E-state index contributed by atoms with van der Waals surface area (Å²) in [4.78, 5) is 7.88. The van der Waals surface area contributed by atoms with Crippen LogP contribution in [0, 0.1) is 13.8 Å². The van der Waals surface area contributed by atoms with E-state index in [-0.39, 0.29) is 5.15 Å². The molecule has 2 aromatic rings. The van der Waals surface area contributed by atoms with E-state index < -0.39 is 0 Å². The number of anilines is 3. The van der Waals surface area contributed by atoms with Crippen LogP contribution < -0.4 is 11.1 Å². The van der Waals surface area contributed by atoms with Gasteiger partial charge in [-0.25, -0.2) is 9.97 Å². The molecule has 0 spiro atoms. The molecule has 3 N–H and O–H groups in total. The van der Waals surface area contributed by atoms with E-state index in [1.165, 1.54) is 6.33 Å². The van der Waals surface area contributed by atoms with Gasteiger partial charge in [0.15, 0.2) is 11.0 Å². The Labute approximate surface area is 119 Å². The van der Waals surface area contributed by atoms with Gasteiger partial charge in [-0.15, -0.1) is 0 Å². The Balaban J connectivity index is 2.37. The van der Waals surface area contributed by atoms with Crippen LogP contribution in [0.1, 0.15) is 11.1 Å². The third-order valence-corrected chi connectivity index (χ3v) is 4.09. The fourth-order valence-corrected chi connectivity index (χ4v) is 1.99. The molecular weight excluding hydrogens is 316 g/mol. The molecule has 2 rings (SSSR count). The monoisotopic (exact) mass is 326 g/mol. The number of aryl methyl sites for hydroxylation is 2. The molecule has 0 radical (unpaired) electrons. The van der Waals surface area contributed by atoms with Gasteiger partial charge >= 0.3 is 0 Å². The molecule has 6 heteroatoms. The fourth-order valence-electron chi connectivity index (χ4n) is 1.63. The lowest BCUT2D eigenvalue weighted by molar-refractivity contribution is 1.17.